The van der Waals surface area contributed by atoms with Crippen molar-refractivity contribution in [2.24, 2.45) is 0 Å². The molecule has 2 rings (SSSR count). The number of phenolic OH excluding ortho intramolecular Hbond substituents is 1. The molecule has 1 N–H and O–H groups in total. The van der Waals surface area contributed by atoms with Crippen LogP contribution < -0.4 is 0 Å². The molecular weight excluding hydrogens is 248 g/mol. The molecule has 0 saturated carbocycles. The number of carbonyl (C=O) groups is 2. The van der Waals surface area contributed by atoms with E-state index in [2.05, 4.69) is 4.74 Å². The molecule has 0 aliphatic heterocycles. The number of methoxy groups -OCH3 is 2. The van der Waals surface area contributed by atoms with Gasteiger partial charge in [-0.2, -0.15) is 0 Å². The van der Waals surface area contributed by atoms with Crippen molar-refractivity contribution >= 4 is 22.7 Å². The van der Waals surface area contributed by atoms with E-state index in [1.54, 1.807) is 24.3 Å². The zero-order valence-electron chi connectivity index (χ0n) is 10.5. The number of phenols is 1. The Bertz CT molecular complexity index is 660. The van der Waals surface area contributed by atoms with Gasteiger partial charge in [0.15, 0.2) is 0 Å². The molecule has 5 heteroatoms. The van der Waals surface area contributed by atoms with Gasteiger partial charge in [-0.3, -0.25) is 0 Å². The van der Waals surface area contributed by atoms with Gasteiger partial charge in [0.1, 0.15) is 5.75 Å². The molecule has 19 heavy (non-hydrogen) atoms. The van der Waals surface area contributed by atoms with Crippen molar-refractivity contribution in [3.05, 3.63) is 41.5 Å². The standard InChI is InChI=1S/C14H12O5/c1-18-13(16)10-7-11(15)8-5-3-4-6-9(8)12(10)14(17)19-2/h3-7,15H,1-2H3. The summed E-state index contributed by atoms with van der Waals surface area (Å²) in [6.07, 6.45) is 0. The summed E-state index contributed by atoms with van der Waals surface area (Å²) < 4.78 is 9.31. The number of aromatic hydroxyl groups is 1. The first-order valence-electron chi connectivity index (χ1n) is 5.51. The third kappa shape index (κ3) is 2.10. The first-order chi connectivity index (χ1) is 9.10. The third-order valence-electron chi connectivity index (χ3n) is 2.82. The number of esters is 2. The highest BCUT2D eigenvalue weighted by atomic mass is 16.5. The molecule has 0 spiro atoms. The van der Waals surface area contributed by atoms with Crippen LogP contribution in [0.3, 0.4) is 0 Å². The number of ether oxygens (including phenoxy) is 2. The lowest BCUT2D eigenvalue weighted by molar-refractivity contribution is 0.0557. The Morgan fingerprint density at radius 3 is 2.16 bits per heavy atom. The van der Waals surface area contributed by atoms with Gasteiger partial charge in [0.25, 0.3) is 0 Å². The summed E-state index contributed by atoms with van der Waals surface area (Å²) in [5, 5.41) is 10.8. The highest BCUT2D eigenvalue weighted by Crippen LogP contribution is 2.31. The molecular formula is C14H12O5. The lowest BCUT2D eigenvalue weighted by Gasteiger charge is -2.11. The zero-order valence-corrected chi connectivity index (χ0v) is 10.5. The molecule has 0 atom stereocenters. The van der Waals surface area contributed by atoms with E-state index in [9.17, 15) is 14.7 Å². The van der Waals surface area contributed by atoms with Gasteiger partial charge in [-0.05, 0) is 6.07 Å². The topological polar surface area (TPSA) is 72.8 Å². The fraction of sp³-hybridized carbons (Fsp3) is 0.143. The van der Waals surface area contributed by atoms with Gasteiger partial charge in [-0.25, -0.2) is 9.59 Å². The van der Waals surface area contributed by atoms with E-state index in [0.29, 0.717) is 10.8 Å². The lowest BCUT2D eigenvalue weighted by atomic mass is 9.98. The van der Waals surface area contributed by atoms with Gasteiger partial charge in [0.2, 0.25) is 0 Å². The van der Waals surface area contributed by atoms with E-state index in [1.807, 2.05) is 0 Å². The van der Waals surface area contributed by atoms with E-state index < -0.39 is 11.9 Å². The molecule has 0 bridgehead atoms. The van der Waals surface area contributed by atoms with Crippen LogP contribution in [0.5, 0.6) is 5.75 Å². The molecule has 0 unspecified atom stereocenters. The van der Waals surface area contributed by atoms with Gasteiger partial charge >= 0.3 is 11.9 Å². The molecule has 0 heterocycles. The van der Waals surface area contributed by atoms with Crippen LogP contribution in [0.15, 0.2) is 30.3 Å². The van der Waals surface area contributed by atoms with Crippen LogP contribution >= 0.6 is 0 Å². The largest absolute Gasteiger partial charge is 0.507 e. The van der Waals surface area contributed by atoms with Crippen molar-refractivity contribution in [3.8, 4) is 5.75 Å². The normalized spacial score (nSPS) is 10.2. The van der Waals surface area contributed by atoms with Crippen molar-refractivity contribution < 1.29 is 24.2 Å². The fourth-order valence-corrected chi connectivity index (χ4v) is 1.95. The van der Waals surface area contributed by atoms with Gasteiger partial charge in [0, 0.05) is 10.8 Å². The fourth-order valence-electron chi connectivity index (χ4n) is 1.95. The molecule has 0 aliphatic carbocycles. The average Bonchev–Trinajstić information content (AvgIpc) is 2.45. The Labute approximate surface area is 109 Å². The molecule has 5 nitrogen and oxygen atoms in total. The van der Waals surface area contributed by atoms with Gasteiger partial charge < -0.3 is 14.6 Å². The zero-order chi connectivity index (χ0) is 14.0. The monoisotopic (exact) mass is 260 g/mol. The highest BCUT2D eigenvalue weighted by Gasteiger charge is 2.23. The maximum atomic E-state index is 11.9. The summed E-state index contributed by atoms with van der Waals surface area (Å²) in [6.45, 7) is 0. The summed E-state index contributed by atoms with van der Waals surface area (Å²) in [5.74, 6) is -1.46. The van der Waals surface area contributed by atoms with E-state index >= 15 is 0 Å². The summed E-state index contributed by atoms with van der Waals surface area (Å²) in [6, 6.07) is 7.92. The molecule has 0 saturated heterocycles. The minimum atomic E-state index is -0.707. The van der Waals surface area contributed by atoms with Crippen LogP contribution in [0.4, 0.5) is 0 Å². The van der Waals surface area contributed by atoms with Crippen molar-refractivity contribution in [2.45, 2.75) is 0 Å². The van der Waals surface area contributed by atoms with Gasteiger partial charge in [-0.15, -0.1) is 0 Å². The second-order valence-electron chi connectivity index (χ2n) is 3.85. The van der Waals surface area contributed by atoms with Crippen LogP contribution in [0.25, 0.3) is 10.8 Å². The van der Waals surface area contributed by atoms with Crippen molar-refractivity contribution in [1.29, 1.82) is 0 Å². The predicted octanol–water partition coefficient (Wildman–Crippen LogP) is 2.12. The van der Waals surface area contributed by atoms with Crippen molar-refractivity contribution in [3.63, 3.8) is 0 Å². The number of hydrogen-bond acceptors (Lipinski definition) is 5. The van der Waals surface area contributed by atoms with Crippen LogP contribution in [-0.4, -0.2) is 31.3 Å². The molecule has 0 amide bonds. The number of rotatable bonds is 2. The number of carbonyl (C=O) groups excluding carboxylic acids is 2. The molecule has 2 aromatic rings. The predicted molar refractivity (Wildman–Crippen MR) is 68.3 cm³/mol. The Hall–Kier alpha value is -2.56. The summed E-state index contributed by atoms with van der Waals surface area (Å²) >= 11 is 0. The first-order valence-corrected chi connectivity index (χ1v) is 5.51. The Balaban J connectivity index is 2.88. The van der Waals surface area contributed by atoms with Gasteiger partial charge in [-0.1, -0.05) is 24.3 Å². The first kappa shape index (κ1) is 12.9. The second-order valence-corrected chi connectivity index (χ2v) is 3.85. The van der Waals surface area contributed by atoms with Crippen LogP contribution in [0, 0.1) is 0 Å². The van der Waals surface area contributed by atoms with Crippen LogP contribution in [0.2, 0.25) is 0 Å². The smallest absolute Gasteiger partial charge is 0.339 e. The van der Waals surface area contributed by atoms with E-state index in [4.69, 9.17) is 4.74 Å². The number of hydrogen-bond donors (Lipinski definition) is 1. The van der Waals surface area contributed by atoms with E-state index in [-0.39, 0.29) is 16.9 Å². The molecule has 2 aromatic carbocycles. The van der Waals surface area contributed by atoms with E-state index in [0.717, 1.165) is 0 Å². The summed E-state index contributed by atoms with van der Waals surface area (Å²) in [7, 11) is 2.43. The second kappa shape index (κ2) is 4.97. The maximum Gasteiger partial charge on any atom is 0.339 e. The number of benzene rings is 2. The van der Waals surface area contributed by atoms with Crippen molar-refractivity contribution in [1.82, 2.24) is 0 Å². The Morgan fingerprint density at radius 1 is 1.00 bits per heavy atom. The van der Waals surface area contributed by atoms with Crippen LogP contribution in [0.1, 0.15) is 20.7 Å². The molecule has 0 fully saturated rings. The summed E-state index contributed by atoms with van der Waals surface area (Å²) in [5.41, 5.74) is 0.0632. The Morgan fingerprint density at radius 2 is 1.58 bits per heavy atom. The number of fused-ring (bicyclic) bond motifs is 1. The maximum absolute atomic E-state index is 11.9. The lowest BCUT2D eigenvalue weighted by Crippen LogP contribution is -2.12. The molecule has 98 valence electrons. The minimum Gasteiger partial charge on any atom is -0.507 e. The molecule has 0 aliphatic rings. The SMILES string of the molecule is COC(=O)c1cc(O)c2ccccc2c1C(=O)OC. The third-order valence-corrected chi connectivity index (χ3v) is 2.82. The van der Waals surface area contributed by atoms with Crippen molar-refractivity contribution in [2.75, 3.05) is 14.2 Å². The Kier molecular flexibility index (Phi) is 3.37. The summed E-state index contributed by atoms with van der Waals surface area (Å²) in [4.78, 5) is 23.6. The van der Waals surface area contributed by atoms with E-state index in [1.165, 1.54) is 20.3 Å². The minimum absolute atomic E-state index is 0.0226. The quantitative estimate of drug-likeness (QED) is 0.837. The molecule has 0 aromatic heterocycles. The highest BCUT2D eigenvalue weighted by molar-refractivity contribution is 6.14. The average molecular weight is 260 g/mol. The molecule has 0 radical (unpaired) electrons. The van der Waals surface area contributed by atoms with Crippen LogP contribution in [-0.2, 0) is 9.47 Å². The van der Waals surface area contributed by atoms with Gasteiger partial charge in [0.05, 0.1) is 25.3 Å².